The maximum atomic E-state index is 5.27. The van der Waals surface area contributed by atoms with Crippen molar-refractivity contribution in [3.63, 3.8) is 0 Å². The van der Waals surface area contributed by atoms with Crippen molar-refractivity contribution >= 4 is 0 Å². The van der Waals surface area contributed by atoms with Crippen molar-refractivity contribution in [3.05, 3.63) is 6.42 Å². The summed E-state index contributed by atoms with van der Waals surface area (Å²) in [7, 11) is 1.81. The summed E-state index contributed by atoms with van der Waals surface area (Å²) in [5.41, 5.74) is 0. The van der Waals surface area contributed by atoms with Crippen molar-refractivity contribution in [2.24, 2.45) is 0 Å². The Balaban J connectivity index is 2.16. The van der Waals surface area contributed by atoms with Crippen LogP contribution in [-0.4, -0.2) is 13.2 Å². The molecule has 0 spiro atoms. The van der Waals surface area contributed by atoms with E-state index in [4.69, 9.17) is 4.74 Å². The van der Waals surface area contributed by atoms with Crippen LogP contribution >= 0.6 is 0 Å². The van der Waals surface area contributed by atoms with Crippen molar-refractivity contribution in [2.45, 2.75) is 44.6 Å². The van der Waals surface area contributed by atoms with Gasteiger partial charge in [-0.2, -0.15) is 0 Å². The van der Waals surface area contributed by atoms with E-state index in [1.807, 2.05) is 7.11 Å². The van der Waals surface area contributed by atoms with Gasteiger partial charge in [-0.3, -0.25) is 0 Å². The molecule has 1 heteroatoms. The summed E-state index contributed by atoms with van der Waals surface area (Å²) in [5, 5.41) is 0. The smallest absolute Gasteiger partial charge is 0.0603 e. The van der Waals surface area contributed by atoms with E-state index in [9.17, 15) is 0 Å². The molecule has 1 rings (SSSR count). The van der Waals surface area contributed by atoms with Gasteiger partial charge in [0.25, 0.3) is 0 Å². The Morgan fingerprint density at radius 3 is 2.80 bits per heavy atom. The van der Waals surface area contributed by atoms with Gasteiger partial charge in [0, 0.05) is 7.11 Å². The largest absolute Gasteiger partial charge is 0.381 e. The number of rotatable bonds is 1. The molecular formula is C9H17O. The summed E-state index contributed by atoms with van der Waals surface area (Å²) in [6, 6.07) is 0. The topological polar surface area (TPSA) is 9.23 Å². The van der Waals surface area contributed by atoms with Gasteiger partial charge in [0.2, 0.25) is 0 Å². The maximum Gasteiger partial charge on any atom is 0.0603 e. The monoisotopic (exact) mass is 141 g/mol. The SMILES string of the molecule is COC1[CH]CCCCCC1. The third-order valence-corrected chi connectivity index (χ3v) is 2.18. The predicted molar refractivity (Wildman–Crippen MR) is 42.8 cm³/mol. The lowest BCUT2D eigenvalue weighted by Gasteiger charge is -2.17. The summed E-state index contributed by atoms with van der Waals surface area (Å²) >= 11 is 0. The lowest BCUT2D eigenvalue weighted by Crippen LogP contribution is -2.12. The fourth-order valence-electron chi connectivity index (χ4n) is 1.48. The van der Waals surface area contributed by atoms with Crippen LogP contribution in [0.15, 0.2) is 0 Å². The molecule has 0 heterocycles. The molecule has 1 unspecified atom stereocenters. The van der Waals surface area contributed by atoms with Gasteiger partial charge in [-0.05, 0) is 19.3 Å². The van der Waals surface area contributed by atoms with Gasteiger partial charge in [0.1, 0.15) is 0 Å². The highest BCUT2D eigenvalue weighted by atomic mass is 16.5. The highest BCUT2D eigenvalue weighted by Gasteiger charge is 2.09. The molecule has 1 saturated carbocycles. The van der Waals surface area contributed by atoms with Crippen LogP contribution in [0.2, 0.25) is 0 Å². The molecule has 1 fully saturated rings. The molecule has 0 bridgehead atoms. The Bertz CT molecular complexity index is 72.8. The Morgan fingerprint density at radius 1 is 1.20 bits per heavy atom. The molecule has 0 N–H and O–H groups in total. The number of ether oxygens (including phenoxy) is 1. The third kappa shape index (κ3) is 2.70. The lowest BCUT2D eigenvalue weighted by molar-refractivity contribution is 0.112. The second kappa shape index (κ2) is 4.73. The van der Waals surface area contributed by atoms with Gasteiger partial charge in [-0.15, -0.1) is 0 Å². The standard InChI is InChI=1S/C9H17O/c1-10-9-7-5-3-2-4-6-8-9/h7,9H,2-6,8H2,1H3. The summed E-state index contributed by atoms with van der Waals surface area (Å²) in [5.74, 6) is 0. The zero-order valence-electron chi connectivity index (χ0n) is 6.81. The zero-order chi connectivity index (χ0) is 7.23. The molecule has 1 aliphatic carbocycles. The Kier molecular flexibility index (Phi) is 3.81. The van der Waals surface area contributed by atoms with E-state index in [2.05, 4.69) is 6.42 Å². The van der Waals surface area contributed by atoms with Crippen LogP contribution in [0.1, 0.15) is 38.5 Å². The summed E-state index contributed by atoms with van der Waals surface area (Å²) < 4.78 is 5.27. The Morgan fingerprint density at radius 2 is 2.00 bits per heavy atom. The van der Waals surface area contributed by atoms with Crippen LogP contribution < -0.4 is 0 Å². The molecule has 59 valence electrons. The first-order valence-electron chi connectivity index (χ1n) is 4.29. The minimum atomic E-state index is 0.445. The fraction of sp³-hybridized carbons (Fsp3) is 0.889. The van der Waals surface area contributed by atoms with E-state index in [1.54, 1.807) is 0 Å². The Labute approximate surface area is 63.8 Å². The molecule has 1 aliphatic rings. The first-order chi connectivity index (χ1) is 4.93. The lowest BCUT2D eigenvalue weighted by atomic mass is 9.99. The van der Waals surface area contributed by atoms with Crippen molar-refractivity contribution in [1.29, 1.82) is 0 Å². The first kappa shape index (κ1) is 8.06. The quantitative estimate of drug-likeness (QED) is 0.545. The molecule has 1 radical (unpaired) electrons. The van der Waals surface area contributed by atoms with Gasteiger partial charge in [-0.1, -0.05) is 25.7 Å². The molecule has 10 heavy (non-hydrogen) atoms. The van der Waals surface area contributed by atoms with Crippen LogP contribution in [0.25, 0.3) is 0 Å². The average molecular weight is 141 g/mol. The zero-order valence-corrected chi connectivity index (χ0v) is 6.81. The van der Waals surface area contributed by atoms with Gasteiger partial charge < -0.3 is 4.74 Å². The molecule has 0 aromatic heterocycles. The summed E-state index contributed by atoms with van der Waals surface area (Å²) in [4.78, 5) is 0. The van der Waals surface area contributed by atoms with Gasteiger partial charge in [-0.25, -0.2) is 0 Å². The fourth-order valence-corrected chi connectivity index (χ4v) is 1.48. The van der Waals surface area contributed by atoms with E-state index in [1.165, 1.54) is 38.5 Å². The van der Waals surface area contributed by atoms with Crippen LogP contribution in [0.3, 0.4) is 0 Å². The van der Waals surface area contributed by atoms with Crippen molar-refractivity contribution in [3.8, 4) is 0 Å². The molecule has 0 amide bonds. The van der Waals surface area contributed by atoms with E-state index >= 15 is 0 Å². The molecule has 1 atom stereocenters. The van der Waals surface area contributed by atoms with Crippen molar-refractivity contribution in [1.82, 2.24) is 0 Å². The van der Waals surface area contributed by atoms with Crippen molar-refractivity contribution < 1.29 is 4.74 Å². The van der Waals surface area contributed by atoms with E-state index in [0.717, 1.165) is 0 Å². The Hall–Kier alpha value is -0.0400. The molecule has 0 aromatic carbocycles. The molecular weight excluding hydrogens is 124 g/mol. The number of hydrogen-bond donors (Lipinski definition) is 0. The first-order valence-corrected chi connectivity index (χ1v) is 4.29. The van der Waals surface area contributed by atoms with Crippen LogP contribution in [0.4, 0.5) is 0 Å². The second-order valence-electron chi connectivity index (χ2n) is 3.00. The minimum absolute atomic E-state index is 0.445. The van der Waals surface area contributed by atoms with E-state index in [-0.39, 0.29) is 0 Å². The molecule has 1 nitrogen and oxygen atoms in total. The van der Waals surface area contributed by atoms with E-state index in [0.29, 0.717) is 6.10 Å². The molecule has 0 aliphatic heterocycles. The highest BCUT2D eigenvalue weighted by molar-refractivity contribution is 4.78. The number of methoxy groups -OCH3 is 1. The number of hydrogen-bond acceptors (Lipinski definition) is 1. The summed E-state index contributed by atoms with van der Waals surface area (Å²) in [6.45, 7) is 0. The molecule has 0 aromatic rings. The van der Waals surface area contributed by atoms with Gasteiger partial charge in [0.15, 0.2) is 0 Å². The van der Waals surface area contributed by atoms with Crippen LogP contribution in [0.5, 0.6) is 0 Å². The maximum absolute atomic E-state index is 5.27. The third-order valence-electron chi connectivity index (χ3n) is 2.18. The normalized spacial score (nSPS) is 23.7. The summed E-state index contributed by atoms with van der Waals surface area (Å²) in [6.07, 6.45) is 10.8. The van der Waals surface area contributed by atoms with E-state index < -0.39 is 0 Å². The predicted octanol–water partition coefficient (Wildman–Crippen LogP) is 2.56. The van der Waals surface area contributed by atoms with Gasteiger partial charge in [0.05, 0.1) is 6.10 Å². The minimum Gasteiger partial charge on any atom is -0.381 e. The average Bonchev–Trinajstić information content (AvgIpc) is 1.87. The van der Waals surface area contributed by atoms with Crippen molar-refractivity contribution in [2.75, 3.05) is 7.11 Å². The highest BCUT2D eigenvalue weighted by Crippen LogP contribution is 2.17. The van der Waals surface area contributed by atoms with Crippen LogP contribution in [0, 0.1) is 6.42 Å². The van der Waals surface area contributed by atoms with Gasteiger partial charge >= 0.3 is 0 Å². The second-order valence-corrected chi connectivity index (χ2v) is 3.00. The molecule has 0 saturated heterocycles. The van der Waals surface area contributed by atoms with Crippen LogP contribution in [-0.2, 0) is 4.74 Å².